The predicted octanol–water partition coefficient (Wildman–Crippen LogP) is 4.02. The van der Waals surface area contributed by atoms with Gasteiger partial charge in [-0.05, 0) is 36.4 Å². The minimum Gasteiger partial charge on any atom is -0.331 e. The lowest BCUT2D eigenvalue weighted by Crippen LogP contribution is -1.81. The molecule has 68 valence electrons. The van der Waals surface area contributed by atoms with Gasteiger partial charge in [-0.3, -0.25) is 0 Å². The summed E-state index contributed by atoms with van der Waals surface area (Å²) in [7, 11) is 0. The zero-order valence-electron chi connectivity index (χ0n) is 6.88. The van der Waals surface area contributed by atoms with Crippen molar-refractivity contribution < 1.29 is 4.52 Å². The first-order valence-electron chi connectivity index (χ1n) is 3.71. The summed E-state index contributed by atoms with van der Waals surface area (Å²) in [6, 6.07) is 0. The highest BCUT2D eigenvalue weighted by Crippen LogP contribution is 2.64. The zero-order valence-corrected chi connectivity index (χ0v) is 10.2. The molecule has 0 spiro atoms. The fraction of sp³-hybridized carbons (Fsp3) is 1.00. The van der Waals surface area contributed by atoms with Crippen molar-refractivity contribution in [2.24, 2.45) is 0 Å². The lowest BCUT2D eigenvalue weighted by molar-refractivity contribution is 0.392. The number of unbranched alkanes of at least 4 members (excludes halogenated alkanes) is 1. The molecule has 1 nitrogen and oxygen atoms in total. The van der Waals surface area contributed by atoms with Crippen molar-refractivity contribution in [3.63, 3.8) is 0 Å². The molecule has 0 aromatic heterocycles. The number of rotatable bonds is 6. The Hall–Kier alpha value is 1.25. The minimum absolute atomic E-state index is 0.625. The summed E-state index contributed by atoms with van der Waals surface area (Å²) in [5, 5.41) is 0. The van der Waals surface area contributed by atoms with Gasteiger partial charge in [-0.25, -0.2) is 0 Å². The second-order valence-corrected chi connectivity index (χ2v) is 11.0. The highest BCUT2D eigenvalue weighted by molar-refractivity contribution is 8.76. The average molecular weight is 233 g/mol. The van der Waals surface area contributed by atoms with Gasteiger partial charge in [0.2, 0.25) is 4.82 Å². The van der Waals surface area contributed by atoms with Crippen LogP contribution in [0.25, 0.3) is 0 Å². The Bertz CT molecular complexity index is 143. The Morgan fingerprint density at radius 2 is 2.18 bits per heavy atom. The van der Waals surface area contributed by atoms with Crippen LogP contribution in [-0.4, -0.2) is 12.4 Å². The molecule has 0 aliphatic heterocycles. The van der Waals surface area contributed by atoms with E-state index in [4.69, 9.17) is 27.6 Å². The third kappa shape index (κ3) is 7.61. The number of halogens is 1. The molecule has 0 rings (SSSR count). The molecule has 0 heterocycles. The summed E-state index contributed by atoms with van der Waals surface area (Å²) in [5.41, 5.74) is 0. The molecule has 0 aromatic carbocycles. The summed E-state index contributed by atoms with van der Waals surface area (Å²) in [4.78, 5) is -2.00. The van der Waals surface area contributed by atoms with E-state index in [0.29, 0.717) is 6.61 Å². The van der Waals surface area contributed by atoms with E-state index < -0.39 is 4.82 Å². The fourth-order valence-electron chi connectivity index (χ4n) is 0.509. The van der Waals surface area contributed by atoms with Gasteiger partial charge in [0.05, 0.1) is 6.61 Å². The number of hydrogen-bond acceptors (Lipinski definition) is 3. The van der Waals surface area contributed by atoms with E-state index >= 15 is 0 Å². The van der Waals surface area contributed by atoms with Crippen molar-refractivity contribution in [1.29, 1.82) is 0 Å². The van der Waals surface area contributed by atoms with Crippen molar-refractivity contribution in [3.05, 3.63) is 0 Å². The van der Waals surface area contributed by atoms with Gasteiger partial charge < -0.3 is 4.52 Å². The lowest BCUT2D eigenvalue weighted by atomic mass is 10.4. The van der Waals surface area contributed by atoms with Crippen LogP contribution in [0.5, 0.6) is 0 Å². The highest BCUT2D eigenvalue weighted by Gasteiger charge is 2.12. The Balaban J connectivity index is 3.47. The lowest BCUT2D eigenvalue weighted by Gasteiger charge is -2.11. The van der Waals surface area contributed by atoms with Gasteiger partial charge in [-0.15, -0.1) is 0 Å². The molecule has 0 amide bonds. The average Bonchev–Trinajstić information content (AvgIpc) is 1.87. The molecular formula is C6H14ClOPS2. The van der Waals surface area contributed by atoms with E-state index in [9.17, 15) is 0 Å². The third-order valence-electron chi connectivity index (χ3n) is 1.03. The quantitative estimate of drug-likeness (QED) is 0.506. The van der Waals surface area contributed by atoms with Crippen LogP contribution < -0.4 is 0 Å². The second kappa shape index (κ2) is 6.73. The van der Waals surface area contributed by atoms with Crippen LogP contribution >= 0.6 is 27.4 Å². The van der Waals surface area contributed by atoms with Crippen LogP contribution in [0.15, 0.2) is 0 Å². The summed E-state index contributed by atoms with van der Waals surface area (Å²) in [6.07, 6.45) is 2.36. The Morgan fingerprint density at radius 1 is 1.55 bits per heavy atom. The molecule has 1 unspecified atom stereocenters. The van der Waals surface area contributed by atoms with Gasteiger partial charge in [-0.2, -0.15) is 0 Å². The third-order valence-corrected chi connectivity index (χ3v) is 6.60. The first-order valence-corrected chi connectivity index (χ1v) is 8.92. The summed E-state index contributed by atoms with van der Waals surface area (Å²) in [5.74, 6) is 1.03. The Labute approximate surface area is 82.9 Å². The van der Waals surface area contributed by atoms with Gasteiger partial charge in [0.25, 0.3) is 0 Å². The van der Waals surface area contributed by atoms with Gasteiger partial charge in [0, 0.05) is 5.75 Å². The monoisotopic (exact) mass is 232 g/mol. The van der Waals surface area contributed by atoms with Crippen LogP contribution in [0.1, 0.15) is 26.7 Å². The molecule has 0 radical (unpaired) electrons. The van der Waals surface area contributed by atoms with Gasteiger partial charge >= 0.3 is 0 Å². The van der Waals surface area contributed by atoms with E-state index in [2.05, 4.69) is 6.92 Å². The maximum atomic E-state index is 5.94. The SMILES string of the molecule is CCCCSP(=S)(Cl)OCC. The van der Waals surface area contributed by atoms with Crippen molar-refractivity contribution >= 4 is 39.2 Å². The molecule has 11 heavy (non-hydrogen) atoms. The summed E-state index contributed by atoms with van der Waals surface area (Å²) < 4.78 is 5.23. The van der Waals surface area contributed by atoms with E-state index in [-0.39, 0.29) is 0 Å². The van der Waals surface area contributed by atoms with Crippen LogP contribution in [0.4, 0.5) is 0 Å². The van der Waals surface area contributed by atoms with Crippen molar-refractivity contribution in [1.82, 2.24) is 0 Å². The largest absolute Gasteiger partial charge is 0.331 e. The van der Waals surface area contributed by atoms with Gasteiger partial charge in [0.15, 0.2) is 0 Å². The Kier molecular flexibility index (Phi) is 7.50. The van der Waals surface area contributed by atoms with E-state index in [0.717, 1.165) is 5.75 Å². The molecular weight excluding hydrogens is 219 g/mol. The van der Waals surface area contributed by atoms with E-state index in [1.54, 1.807) is 11.4 Å². The number of hydrogen-bond donors (Lipinski definition) is 0. The van der Waals surface area contributed by atoms with E-state index in [1.807, 2.05) is 6.92 Å². The smallest absolute Gasteiger partial charge is 0.207 e. The molecule has 0 saturated heterocycles. The fourth-order valence-corrected chi connectivity index (χ4v) is 5.01. The Morgan fingerprint density at radius 3 is 2.64 bits per heavy atom. The van der Waals surface area contributed by atoms with Crippen molar-refractivity contribution in [2.75, 3.05) is 12.4 Å². The maximum Gasteiger partial charge on any atom is 0.207 e. The summed E-state index contributed by atoms with van der Waals surface area (Å²) >= 11 is 12.6. The van der Waals surface area contributed by atoms with E-state index in [1.165, 1.54) is 12.8 Å². The second-order valence-electron chi connectivity index (χ2n) is 2.04. The molecule has 0 saturated carbocycles. The van der Waals surface area contributed by atoms with Crippen molar-refractivity contribution in [2.45, 2.75) is 26.7 Å². The van der Waals surface area contributed by atoms with Gasteiger partial charge in [-0.1, -0.05) is 24.7 Å². The standard InChI is InChI=1S/C6H14ClOPS2/c1-3-5-6-11-9(7,10)8-4-2/h3-6H2,1-2H3. The first kappa shape index (κ1) is 12.2. The molecule has 0 aliphatic rings. The van der Waals surface area contributed by atoms with Crippen LogP contribution in [0.3, 0.4) is 0 Å². The van der Waals surface area contributed by atoms with Gasteiger partial charge in [0.1, 0.15) is 0 Å². The predicted molar refractivity (Wildman–Crippen MR) is 59.1 cm³/mol. The molecule has 0 aliphatic carbocycles. The molecule has 5 heteroatoms. The molecule has 1 atom stereocenters. The van der Waals surface area contributed by atoms with Crippen LogP contribution in [0, 0.1) is 0 Å². The zero-order chi connectivity index (χ0) is 8.74. The summed E-state index contributed by atoms with van der Waals surface area (Å²) in [6.45, 7) is 4.70. The maximum absolute atomic E-state index is 5.94. The normalized spacial score (nSPS) is 16.3. The van der Waals surface area contributed by atoms with Crippen LogP contribution in [0.2, 0.25) is 0 Å². The molecule has 0 N–H and O–H groups in total. The first-order chi connectivity index (χ1) is 5.12. The molecule has 0 fully saturated rings. The molecule has 0 aromatic rings. The molecule has 0 bridgehead atoms. The van der Waals surface area contributed by atoms with Crippen molar-refractivity contribution in [3.8, 4) is 0 Å². The topological polar surface area (TPSA) is 9.23 Å². The highest BCUT2D eigenvalue weighted by atomic mass is 35.7. The minimum atomic E-state index is -2.00. The van der Waals surface area contributed by atoms with Crippen LogP contribution in [-0.2, 0) is 16.3 Å².